The van der Waals surface area contributed by atoms with Gasteiger partial charge in [-0.1, -0.05) is 5.92 Å². The van der Waals surface area contributed by atoms with Gasteiger partial charge in [0.15, 0.2) is 11.8 Å². The van der Waals surface area contributed by atoms with Gasteiger partial charge in [0.1, 0.15) is 18.0 Å². The standard InChI is InChI=1S/C10H12ClN5O4/c11-2-1-10(13)7(18)5(4-17)20-8(10)16-9(19)15-6(12)3-14-16/h3,5,7-8,17-18H,4,13H2,(H2,12,15,19)/t5?,7-,8?,10?/m0/s1. The average Bonchev–Trinajstić information content (AvgIpc) is 2.63. The summed E-state index contributed by atoms with van der Waals surface area (Å²) in [4.78, 5) is 15.3. The van der Waals surface area contributed by atoms with Crippen LogP contribution in [0.4, 0.5) is 5.82 Å². The Morgan fingerprint density at radius 1 is 1.65 bits per heavy atom. The number of ether oxygens (including phenoxy) is 1. The van der Waals surface area contributed by atoms with E-state index >= 15 is 0 Å². The largest absolute Gasteiger partial charge is 0.394 e. The molecular weight excluding hydrogens is 290 g/mol. The van der Waals surface area contributed by atoms with E-state index in [0.29, 0.717) is 0 Å². The van der Waals surface area contributed by atoms with Crippen molar-refractivity contribution < 1.29 is 14.9 Å². The Bertz CT molecular complexity index is 626. The SMILES string of the molecule is Nc1cnn(C2OC(CO)[C@H](O)C2(N)C#CCl)c(=O)n1. The van der Waals surface area contributed by atoms with Crippen LogP contribution in [0.2, 0.25) is 0 Å². The molecule has 4 atom stereocenters. The zero-order valence-electron chi connectivity index (χ0n) is 10.1. The van der Waals surface area contributed by atoms with Gasteiger partial charge in [-0.15, -0.1) is 0 Å². The number of aliphatic hydroxyl groups excluding tert-OH is 2. The Hall–Kier alpha value is -1.70. The summed E-state index contributed by atoms with van der Waals surface area (Å²) in [6.45, 7) is -0.516. The second-order valence-electron chi connectivity index (χ2n) is 4.22. The number of nitrogens with zero attached hydrogens (tertiary/aromatic N) is 3. The van der Waals surface area contributed by atoms with Crippen LogP contribution in [0.5, 0.6) is 0 Å². The molecule has 3 unspecified atom stereocenters. The van der Waals surface area contributed by atoms with E-state index in [1.807, 2.05) is 5.38 Å². The zero-order chi connectivity index (χ0) is 14.9. The van der Waals surface area contributed by atoms with E-state index in [1.165, 1.54) is 0 Å². The second-order valence-corrected chi connectivity index (χ2v) is 4.40. The highest BCUT2D eigenvalue weighted by molar-refractivity contribution is 6.30. The van der Waals surface area contributed by atoms with Gasteiger partial charge in [-0.2, -0.15) is 14.8 Å². The third-order valence-corrected chi connectivity index (χ3v) is 3.05. The van der Waals surface area contributed by atoms with Crippen LogP contribution in [0.15, 0.2) is 11.0 Å². The van der Waals surface area contributed by atoms with Gasteiger partial charge in [0.2, 0.25) is 0 Å². The predicted octanol–water partition coefficient (Wildman–Crippen LogP) is -2.63. The maximum atomic E-state index is 11.8. The number of aromatic nitrogens is 3. The van der Waals surface area contributed by atoms with Gasteiger partial charge in [-0.25, -0.2) is 4.79 Å². The zero-order valence-corrected chi connectivity index (χ0v) is 10.9. The molecule has 10 heteroatoms. The van der Waals surface area contributed by atoms with E-state index in [0.717, 1.165) is 10.9 Å². The molecule has 0 spiro atoms. The normalized spacial score (nSPS) is 32.7. The van der Waals surface area contributed by atoms with Crippen LogP contribution in [0, 0.1) is 11.3 Å². The van der Waals surface area contributed by atoms with Crippen LogP contribution in [0.25, 0.3) is 0 Å². The van der Waals surface area contributed by atoms with Crippen molar-refractivity contribution in [3.63, 3.8) is 0 Å². The van der Waals surface area contributed by atoms with Gasteiger partial charge in [-0.05, 0) is 11.6 Å². The molecule has 1 aliphatic rings. The summed E-state index contributed by atoms with van der Waals surface area (Å²) in [6, 6.07) is 0. The molecule has 0 amide bonds. The van der Waals surface area contributed by atoms with E-state index in [2.05, 4.69) is 16.0 Å². The maximum Gasteiger partial charge on any atom is 0.368 e. The Morgan fingerprint density at radius 3 is 2.90 bits per heavy atom. The van der Waals surface area contributed by atoms with Crippen LogP contribution >= 0.6 is 11.6 Å². The highest BCUT2D eigenvalue weighted by Crippen LogP contribution is 2.35. The third-order valence-electron chi connectivity index (χ3n) is 2.95. The van der Waals surface area contributed by atoms with Gasteiger partial charge in [0.25, 0.3) is 0 Å². The van der Waals surface area contributed by atoms with Gasteiger partial charge in [0.05, 0.1) is 12.8 Å². The summed E-state index contributed by atoms with van der Waals surface area (Å²) in [6.07, 6.45) is -2.54. The Kier molecular flexibility index (Phi) is 3.94. The van der Waals surface area contributed by atoms with E-state index in [9.17, 15) is 9.90 Å². The summed E-state index contributed by atoms with van der Waals surface area (Å²) >= 11 is 5.33. The number of nitrogen functional groups attached to an aromatic ring is 1. The Morgan fingerprint density at radius 2 is 2.35 bits per heavy atom. The number of anilines is 1. The predicted molar refractivity (Wildman–Crippen MR) is 68.3 cm³/mol. The number of aliphatic hydroxyl groups is 2. The van der Waals surface area contributed by atoms with Gasteiger partial charge in [-0.3, -0.25) is 0 Å². The van der Waals surface area contributed by atoms with Gasteiger partial charge >= 0.3 is 5.69 Å². The molecule has 1 saturated heterocycles. The molecule has 0 aliphatic carbocycles. The molecule has 0 saturated carbocycles. The van der Waals surface area contributed by atoms with Crippen LogP contribution in [-0.2, 0) is 4.74 Å². The molecule has 9 nitrogen and oxygen atoms in total. The highest BCUT2D eigenvalue weighted by Gasteiger charge is 2.55. The molecule has 6 N–H and O–H groups in total. The van der Waals surface area contributed by atoms with Crippen LogP contribution < -0.4 is 17.2 Å². The van der Waals surface area contributed by atoms with E-state index < -0.39 is 36.3 Å². The molecule has 1 aromatic rings. The van der Waals surface area contributed by atoms with Crippen LogP contribution in [0.3, 0.4) is 0 Å². The first kappa shape index (κ1) is 14.7. The van der Waals surface area contributed by atoms with Crippen molar-refractivity contribution in [3.05, 3.63) is 16.7 Å². The van der Waals surface area contributed by atoms with Crippen molar-refractivity contribution in [2.24, 2.45) is 5.73 Å². The fraction of sp³-hybridized carbons (Fsp3) is 0.500. The molecule has 1 aromatic heterocycles. The molecule has 0 bridgehead atoms. The summed E-state index contributed by atoms with van der Waals surface area (Å²) < 4.78 is 6.12. The summed E-state index contributed by atoms with van der Waals surface area (Å²) in [7, 11) is 0. The summed E-state index contributed by atoms with van der Waals surface area (Å²) in [5.41, 5.74) is 8.75. The molecule has 1 aliphatic heterocycles. The minimum Gasteiger partial charge on any atom is -0.394 e. The van der Waals surface area contributed by atoms with E-state index in [-0.39, 0.29) is 5.82 Å². The first-order valence-electron chi connectivity index (χ1n) is 5.51. The van der Waals surface area contributed by atoms with Crippen molar-refractivity contribution >= 4 is 17.4 Å². The third kappa shape index (κ3) is 2.24. The molecular formula is C10H12ClN5O4. The Balaban J connectivity index is 2.52. The number of hydrogen-bond donors (Lipinski definition) is 4. The molecule has 0 radical (unpaired) electrons. The smallest absolute Gasteiger partial charge is 0.368 e. The quantitative estimate of drug-likeness (QED) is 0.433. The fourth-order valence-electron chi connectivity index (χ4n) is 1.95. The number of hydrogen-bond acceptors (Lipinski definition) is 8. The van der Waals surface area contributed by atoms with Crippen LogP contribution in [0.1, 0.15) is 6.23 Å². The van der Waals surface area contributed by atoms with Crippen LogP contribution in [-0.4, -0.2) is 49.3 Å². The first-order valence-corrected chi connectivity index (χ1v) is 5.89. The molecule has 20 heavy (non-hydrogen) atoms. The number of nitrogens with two attached hydrogens (primary N) is 2. The van der Waals surface area contributed by atoms with E-state index in [1.54, 1.807) is 0 Å². The van der Waals surface area contributed by atoms with Gasteiger partial charge in [0, 0.05) is 5.38 Å². The van der Waals surface area contributed by atoms with Crippen molar-refractivity contribution in [1.82, 2.24) is 14.8 Å². The lowest BCUT2D eigenvalue weighted by atomic mass is 9.92. The second kappa shape index (κ2) is 5.35. The topological polar surface area (TPSA) is 150 Å². The van der Waals surface area contributed by atoms with Crippen molar-refractivity contribution in [1.29, 1.82) is 0 Å². The van der Waals surface area contributed by atoms with E-state index in [4.69, 9.17) is 32.9 Å². The molecule has 2 heterocycles. The number of rotatable bonds is 2. The summed E-state index contributed by atoms with van der Waals surface area (Å²) in [5, 5.41) is 25.0. The molecule has 1 fully saturated rings. The molecule has 2 rings (SSSR count). The molecule has 0 aromatic carbocycles. The lowest BCUT2D eigenvalue weighted by Gasteiger charge is -2.26. The monoisotopic (exact) mass is 301 g/mol. The average molecular weight is 302 g/mol. The minimum absolute atomic E-state index is 0.0745. The lowest BCUT2D eigenvalue weighted by molar-refractivity contribution is -0.0528. The first-order chi connectivity index (χ1) is 9.43. The molecule has 108 valence electrons. The van der Waals surface area contributed by atoms with Gasteiger partial charge < -0.3 is 26.4 Å². The highest BCUT2D eigenvalue weighted by atomic mass is 35.5. The van der Waals surface area contributed by atoms with Crippen molar-refractivity contribution in [2.75, 3.05) is 12.3 Å². The van der Waals surface area contributed by atoms with Crippen molar-refractivity contribution in [3.8, 4) is 11.3 Å². The lowest BCUT2D eigenvalue weighted by Crippen LogP contribution is -2.55. The van der Waals surface area contributed by atoms with Crippen molar-refractivity contribution in [2.45, 2.75) is 24.0 Å². The Labute approximate surface area is 118 Å². The summed E-state index contributed by atoms with van der Waals surface area (Å²) in [5.74, 6) is 2.30. The minimum atomic E-state index is -1.72. The maximum absolute atomic E-state index is 11.8. The fourth-order valence-corrected chi connectivity index (χ4v) is 2.11. The number of halogens is 1.